The summed E-state index contributed by atoms with van der Waals surface area (Å²) in [4.78, 5) is 0.241. The average Bonchev–Trinajstić information content (AvgIpc) is 2.60. The van der Waals surface area contributed by atoms with Crippen LogP contribution in [0.15, 0.2) is 76.1 Å². The molecule has 3 rings (SSSR count). The third-order valence-corrected chi connectivity index (χ3v) is 5.89. The van der Waals surface area contributed by atoms with E-state index in [0.29, 0.717) is 10.0 Å². The second-order valence-electron chi connectivity index (χ2n) is 5.51. The Kier molecular flexibility index (Phi) is 5.38. The predicted molar refractivity (Wildman–Crippen MR) is 97.9 cm³/mol. The molecule has 7 heteroatoms. The third kappa shape index (κ3) is 4.28. The number of sulfone groups is 1. The van der Waals surface area contributed by atoms with E-state index in [9.17, 15) is 17.2 Å². The van der Waals surface area contributed by atoms with Crippen LogP contribution in [0.1, 0.15) is 5.56 Å². The Bertz CT molecular complexity index is 1040. The number of hydrogen-bond acceptors (Lipinski definition) is 3. The normalized spacial score (nSPS) is 11.3. The van der Waals surface area contributed by atoms with Crippen LogP contribution in [0.2, 0.25) is 0 Å². The molecule has 0 atom stereocenters. The van der Waals surface area contributed by atoms with Crippen molar-refractivity contribution < 1.29 is 21.9 Å². The Morgan fingerprint density at radius 3 is 2.23 bits per heavy atom. The molecule has 0 saturated carbocycles. The lowest BCUT2D eigenvalue weighted by Crippen LogP contribution is -2.04. The molecule has 0 amide bonds. The third-order valence-electron chi connectivity index (χ3n) is 3.57. The van der Waals surface area contributed by atoms with E-state index >= 15 is 0 Å². The van der Waals surface area contributed by atoms with Crippen LogP contribution < -0.4 is 4.74 Å². The predicted octanol–water partition coefficient (Wildman–Crippen LogP) is 5.49. The minimum atomic E-state index is -3.48. The molecule has 0 spiro atoms. The summed E-state index contributed by atoms with van der Waals surface area (Å²) in [6.45, 7) is 0. The van der Waals surface area contributed by atoms with Crippen LogP contribution >= 0.6 is 15.9 Å². The molecule has 0 unspecified atom stereocenters. The van der Waals surface area contributed by atoms with Crippen molar-refractivity contribution in [2.45, 2.75) is 10.6 Å². The van der Waals surface area contributed by atoms with E-state index in [4.69, 9.17) is 4.74 Å². The number of ether oxygens (including phenoxy) is 1. The molecule has 0 saturated heterocycles. The second kappa shape index (κ2) is 7.55. The second-order valence-corrected chi connectivity index (χ2v) is 8.36. The van der Waals surface area contributed by atoms with Crippen LogP contribution in [-0.2, 0) is 15.6 Å². The Morgan fingerprint density at radius 2 is 1.58 bits per heavy atom. The summed E-state index contributed by atoms with van der Waals surface area (Å²) in [5, 5.41) is 0. The van der Waals surface area contributed by atoms with Gasteiger partial charge in [0.05, 0.1) is 15.1 Å². The fourth-order valence-corrected chi connectivity index (χ4v) is 4.19. The minimum absolute atomic E-state index is 0.128. The molecule has 0 fully saturated rings. The van der Waals surface area contributed by atoms with Gasteiger partial charge >= 0.3 is 0 Å². The Morgan fingerprint density at radius 1 is 0.885 bits per heavy atom. The zero-order chi connectivity index (χ0) is 18.7. The van der Waals surface area contributed by atoms with E-state index < -0.39 is 21.5 Å². The molecule has 0 aliphatic rings. The molecule has 0 bridgehead atoms. The maximum atomic E-state index is 13.7. The van der Waals surface area contributed by atoms with Crippen LogP contribution in [0.3, 0.4) is 0 Å². The topological polar surface area (TPSA) is 43.4 Å². The van der Waals surface area contributed by atoms with Gasteiger partial charge in [-0.05, 0) is 57.9 Å². The number of halogens is 3. The molecular formula is C19H13BrF2O3S. The maximum absolute atomic E-state index is 13.7. The first-order valence-electron chi connectivity index (χ1n) is 7.54. The summed E-state index contributed by atoms with van der Waals surface area (Å²) in [5.41, 5.74) is 0.549. The molecule has 3 aromatic carbocycles. The van der Waals surface area contributed by atoms with Crippen molar-refractivity contribution in [1.82, 2.24) is 0 Å². The van der Waals surface area contributed by atoms with Gasteiger partial charge in [-0.15, -0.1) is 0 Å². The highest BCUT2D eigenvalue weighted by molar-refractivity contribution is 9.10. The fourth-order valence-electron chi connectivity index (χ4n) is 2.32. The van der Waals surface area contributed by atoms with Gasteiger partial charge in [-0.3, -0.25) is 0 Å². The lowest BCUT2D eigenvalue weighted by molar-refractivity contribution is 0.435. The average molecular weight is 439 g/mol. The van der Waals surface area contributed by atoms with Crippen molar-refractivity contribution in [2.75, 3.05) is 0 Å². The number of hydrogen-bond donors (Lipinski definition) is 0. The first kappa shape index (κ1) is 18.5. The van der Waals surface area contributed by atoms with Gasteiger partial charge < -0.3 is 4.74 Å². The van der Waals surface area contributed by atoms with Gasteiger partial charge in [0, 0.05) is 6.07 Å². The van der Waals surface area contributed by atoms with E-state index in [1.165, 1.54) is 12.1 Å². The van der Waals surface area contributed by atoms with E-state index in [2.05, 4.69) is 15.9 Å². The lowest BCUT2D eigenvalue weighted by Gasteiger charge is -2.11. The van der Waals surface area contributed by atoms with E-state index in [1.54, 1.807) is 42.5 Å². The van der Waals surface area contributed by atoms with Crippen molar-refractivity contribution in [2.24, 2.45) is 0 Å². The molecule has 0 radical (unpaired) electrons. The Hall–Kier alpha value is -2.25. The summed E-state index contributed by atoms with van der Waals surface area (Å²) in [6.07, 6.45) is 0. The van der Waals surface area contributed by atoms with Crippen molar-refractivity contribution in [1.29, 1.82) is 0 Å². The first-order chi connectivity index (χ1) is 12.3. The largest absolute Gasteiger partial charge is 0.453 e. The van der Waals surface area contributed by atoms with Crippen LogP contribution in [0.25, 0.3) is 0 Å². The molecule has 134 valence electrons. The molecule has 3 nitrogen and oxygen atoms in total. The SMILES string of the molecule is O=S(=O)(Cc1ccc(Oc2ccc(F)cc2F)c(Br)c1)c1ccccc1. The zero-order valence-corrected chi connectivity index (χ0v) is 15.7. The van der Waals surface area contributed by atoms with Gasteiger partial charge in [0.1, 0.15) is 11.6 Å². The van der Waals surface area contributed by atoms with Gasteiger partial charge in [0.2, 0.25) is 0 Å². The summed E-state index contributed by atoms with van der Waals surface area (Å²) in [6, 6.07) is 15.9. The zero-order valence-electron chi connectivity index (χ0n) is 13.3. The molecular weight excluding hydrogens is 426 g/mol. The van der Waals surface area contributed by atoms with E-state index in [-0.39, 0.29) is 22.1 Å². The highest BCUT2D eigenvalue weighted by atomic mass is 79.9. The molecule has 3 aromatic rings. The standard InChI is InChI=1S/C19H13BrF2O3S/c20-16-10-13(12-26(23,24)15-4-2-1-3-5-15)6-8-18(16)25-19-9-7-14(21)11-17(19)22/h1-11H,12H2. The molecule has 0 aromatic heterocycles. The molecule has 0 aliphatic heterocycles. The Balaban J connectivity index is 1.81. The van der Waals surface area contributed by atoms with Crippen LogP contribution in [-0.4, -0.2) is 8.42 Å². The van der Waals surface area contributed by atoms with Gasteiger partial charge in [0.25, 0.3) is 0 Å². The van der Waals surface area contributed by atoms with Crippen molar-refractivity contribution in [3.63, 3.8) is 0 Å². The number of benzene rings is 3. The van der Waals surface area contributed by atoms with Gasteiger partial charge in [-0.2, -0.15) is 0 Å². The van der Waals surface area contributed by atoms with E-state index in [0.717, 1.165) is 12.1 Å². The van der Waals surface area contributed by atoms with E-state index in [1.807, 2.05) is 0 Å². The quantitative estimate of drug-likeness (QED) is 0.528. The molecule has 0 aliphatic carbocycles. The van der Waals surface area contributed by atoms with Gasteiger partial charge in [-0.25, -0.2) is 17.2 Å². The fraction of sp³-hybridized carbons (Fsp3) is 0.0526. The van der Waals surface area contributed by atoms with Crippen LogP contribution in [0.5, 0.6) is 11.5 Å². The van der Waals surface area contributed by atoms with Gasteiger partial charge in [-0.1, -0.05) is 24.3 Å². The maximum Gasteiger partial charge on any atom is 0.182 e. The first-order valence-corrected chi connectivity index (χ1v) is 9.99. The van der Waals surface area contributed by atoms with Gasteiger partial charge in [0.15, 0.2) is 21.4 Å². The lowest BCUT2D eigenvalue weighted by atomic mass is 10.2. The van der Waals surface area contributed by atoms with Crippen molar-refractivity contribution in [3.8, 4) is 11.5 Å². The van der Waals surface area contributed by atoms with Crippen LogP contribution in [0.4, 0.5) is 8.78 Å². The number of rotatable bonds is 5. The summed E-state index contributed by atoms with van der Waals surface area (Å²) >= 11 is 3.29. The molecule has 0 heterocycles. The smallest absolute Gasteiger partial charge is 0.182 e. The summed E-state index contributed by atoms with van der Waals surface area (Å²) in [5.74, 6) is -1.54. The highest BCUT2D eigenvalue weighted by Gasteiger charge is 2.16. The van der Waals surface area contributed by atoms with Crippen molar-refractivity contribution >= 4 is 25.8 Å². The molecule has 0 N–H and O–H groups in total. The summed E-state index contributed by atoms with van der Waals surface area (Å²) < 4.78 is 57.4. The minimum Gasteiger partial charge on any atom is -0.453 e. The summed E-state index contributed by atoms with van der Waals surface area (Å²) in [7, 11) is -3.48. The van der Waals surface area contributed by atoms with Crippen LogP contribution in [0, 0.1) is 11.6 Å². The Labute approximate surface area is 158 Å². The van der Waals surface area contributed by atoms with Crippen molar-refractivity contribution in [3.05, 3.63) is 88.4 Å². The molecule has 26 heavy (non-hydrogen) atoms. The highest BCUT2D eigenvalue weighted by Crippen LogP contribution is 2.32. The monoisotopic (exact) mass is 438 g/mol.